The molecule has 10 heteroatoms. The molecule has 2 amide bonds. The van der Waals surface area contributed by atoms with Crippen LogP contribution < -0.4 is 15.4 Å². The Hall–Kier alpha value is -2.81. The zero-order valence-corrected chi connectivity index (χ0v) is 16.7. The van der Waals surface area contributed by atoms with E-state index in [0.29, 0.717) is 24.0 Å². The second kappa shape index (κ2) is 10.7. The normalized spacial score (nSPS) is 11.8. The number of hydrogen-bond acceptors (Lipinski definition) is 5. The summed E-state index contributed by atoms with van der Waals surface area (Å²) in [5.74, 6) is -0.384. The summed E-state index contributed by atoms with van der Waals surface area (Å²) < 4.78 is 29.3. The van der Waals surface area contributed by atoms with Gasteiger partial charge in [-0.25, -0.2) is 18.7 Å². The molecule has 0 fully saturated rings. The highest BCUT2D eigenvalue weighted by Gasteiger charge is 2.16. The van der Waals surface area contributed by atoms with Crippen LogP contribution in [0.15, 0.2) is 30.6 Å². The lowest BCUT2D eigenvalue weighted by Gasteiger charge is -2.16. The van der Waals surface area contributed by atoms with Crippen molar-refractivity contribution in [2.45, 2.75) is 39.2 Å². The van der Waals surface area contributed by atoms with Crippen molar-refractivity contribution in [2.24, 2.45) is 0 Å². The second-order valence-corrected chi connectivity index (χ2v) is 6.59. The Morgan fingerprint density at radius 3 is 2.69 bits per heavy atom. The van der Waals surface area contributed by atoms with E-state index in [4.69, 9.17) is 16.3 Å². The third-order valence-corrected chi connectivity index (χ3v) is 4.06. The predicted octanol–water partition coefficient (Wildman–Crippen LogP) is 4.00. The number of amides is 2. The minimum absolute atomic E-state index is 0.0640. The Bertz CT molecular complexity index is 867. The van der Waals surface area contributed by atoms with Gasteiger partial charge in [-0.05, 0) is 37.1 Å². The number of alkyl halides is 2. The number of carbonyl (C=O) groups excluding carboxylic acids is 2. The summed E-state index contributed by atoms with van der Waals surface area (Å²) in [6, 6.07) is 4.01. The van der Waals surface area contributed by atoms with Crippen LogP contribution in [-0.2, 0) is 4.79 Å². The Balaban J connectivity index is 2.03. The van der Waals surface area contributed by atoms with Crippen molar-refractivity contribution in [3.8, 4) is 5.88 Å². The Morgan fingerprint density at radius 1 is 1.28 bits per heavy atom. The van der Waals surface area contributed by atoms with Gasteiger partial charge in [-0.3, -0.25) is 9.59 Å². The highest BCUT2D eigenvalue weighted by Crippen LogP contribution is 2.25. The van der Waals surface area contributed by atoms with Crippen molar-refractivity contribution in [3.05, 3.63) is 46.7 Å². The summed E-state index contributed by atoms with van der Waals surface area (Å²) in [5.41, 5.74) is 0.882. The van der Waals surface area contributed by atoms with Crippen LogP contribution in [0, 0.1) is 0 Å². The molecule has 0 aliphatic rings. The first-order valence-electron chi connectivity index (χ1n) is 8.93. The van der Waals surface area contributed by atoms with E-state index in [1.807, 2.05) is 6.92 Å². The average Bonchev–Trinajstić information content (AvgIpc) is 2.67. The smallest absolute Gasteiger partial charge is 0.272 e. The van der Waals surface area contributed by atoms with Crippen LogP contribution in [0.3, 0.4) is 0 Å². The first kappa shape index (κ1) is 22.5. The molecule has 2 aromatic heterocycles. The van der Waals surface area contributed by atoms with Crippen LogP contribution >= 0.6 is 11.6 Å². The highest BCUT2D eigenvalue weighted by molar-refractivity contribution is 6.31. The third-order valence-electron chi connectivity index (χ3n) is 3.79. The summed E-state index contributed by atoms with van der Waals surface area (Å²) in [7, 11) is 0. The van der Waals surface area contributed by atoms with Crippen LogP contribution in [0.25, 0.3) is 0 Å². The minimum Gasteiger partial charge on any atom is -0.471 e. The lowest BCUT2D eigenvalue weighted by atomic mass is 10.1. The number of hydrogen-bond donors (Lipinski definition) is 2. The topological polar surface area (TPSA) is 93.2 Å². The van der Waals surface area contributed by atoms with Crippen LogP contribution in [0.4, 0.5) is 14.6 Å². The molecule has 0 radical (unpaired) electrons. The molecule has 2 heterocycles. The summed E-state index contributed by atoms with van der Waals surface area (Å²) in [5, 5.41) is 5.47. The fourth-order valence-electron chi connectivity index (χ4n) is 2.36. The third kappa shape index (κ3) is 6.94. The lowest BCUT2D eigenvalue weighted by molar-refractivity contribution is -0.116. The zero-order valence-electron chi connectivity index (χ0n) is 15.9. The molecule has 1 unspecified atom stereocenters. The van der Waals surface area contributed by atoms with Gasteiger partial charge in [-0.15, -0.1) is 0 Å². The van der Waals surface area contributed by atoms with Crippen LogP contribution in [0.1, 0.15) is 48.7 Å². The van der Waals surface area contributed by atoms with Crippen LogP contribution in [0.2, 0.25) is 5.02 Å². The van der Waals surface area contributed by atoms with E-state index >= 15 is 0 Å². The first-order valence-corrected chi connectivity index (χ1v) is 9.31. The quantitative estimate of drug-likeness (QED) is 0.632. The van der Waals surface area contributed by atoms with E-state index < -0.39 is 19.1 Å². The Labute approximate surface area is 171 Å². The van der Waals surface area contributed by atoms with Gasteiger partial charge in [-0.1, -0.05) is 18.5 Å². The summed E-state index contributed by atoms with van der Waals surface area (Å²) in [6.07, 6.45) is 1.24. The molecule has 29 heavy (non-hydrogen) atoms. The van der Waals surface area contributed by atoms with Crippen LogP contribution in [-0.4, -0.2) is 34.8 Å². The van der Waals surface area contributed by atoms with Gasteiger partial charge in [0.05, 0.1) is 6.04 Å². The SMILES string of the molecule is CCCC(=O)Nc1cc(C(=O)NC(C)c2cnc(OCC(F)F)c(Cl)c2)ccn1. The molecule has 0 spiro atoms. The van der Waals surface area contributed by atoms with Crippen molar-refractivity contribution in [1.29, 1.82) is 0 Å². The molecule has 156 valence electrons. The Morgan fingerprint density at radius 2 is 2.03 bits per heavy atom. The molecule has 0 bridgehead atoms. The van der Waals surface area contributed by atoms with Crippen molar-refractivity contribution >= 4 is 29.2 Å². The molecule has 0 aliphatic heterocycles. The number of pyridine rings is 2. The molecule has 1 atom stereocenters. The number of carbonyl (C=O) groups is 2. The molecule has 0 aromatic carbocycles. The first-order chi connectivity index (χ1) is 13.8. The zero-order chi connectivity index (χ0) is 21.4. The second-order valence-electron chi connectivity index (χ2n) is 6.18. The number of rotatable bonds is 9. The van der Waals surface area contributed by atoms with Gasteiger partial charge >= 0.3 is 0 Å². The minimum atomic E-state index is -2.64. The highest BCUT2D eigenvalue weighted by atomic mass is 35.5. The van der Waals surface area contributed by atoms with Crippen molar-refractivity contribution in [1.82, 2.24) is 15.3 Å². The molecule has 7 nitrogen and oxygen atoms in total. The van der Waals surface area contributed by atoms with E-state index in [1.165, 1.54) is 30.6 Å². The number of nitrogens with one attached hydrogen (secondary N) is 2. The van der Waals surface area contributed by atoms with Gasteiger partial charge in [0.1, 0.15) is 10.8 Å². The van der Waals surface area contributed by atoms with Gasteiger partial charge in [0.15, 0.2) is 6.61 Å². The van der Waals surface area contributed by atoms with E-state index in [-0.39, 0.29) is 28.5 Å². The molecular weight excluding hydrogens is 406 g/mol. The number of anilines is 1. The number of nitrogens with zero attached hydrogens (tertiary/aromatic N) is 2. The fraction of sp³-hybridized carbons (Fsp3) is 0.368. The number of ether oxygens (including phenoxy) is 1. The van der Waals surface area contributed by atoms with Gasteiger partial charge in [0.2, 0.25) is 11.8 Å². The van der Waals surface area contributed by atoms with Crippen molar-refractivity contribution < 1.29 is 23.1 Å². The maximum atomic E-state index is 12.5. The van der Waals surface area contributed by atoms with Gasteiger partial charge in [-0.2, -0.15) is 0 Å². The molecule has 2 N–H and O–H groups in total. The molecular formula is C19H21ClF2N4O3. The molecule has 0 saturated heterocycles. The van der Waals surface area contributed by atoms with Crippen molar-refractivity contribution in [3.63, 3.8) is 0 Å². The van der Waals surface area contributed by atoms with Gasteiger partial charge in [0, 0.05) is 24.4 Å². The molecule has 0 aliphatic carbocycles. The summed E-state index contributed by atoms with van der Waals surface area (Å²) >= 11 is 6.01. The maximum absolute atomic E-state index is 12.5. The van der Waals surface area contributed by atoms with E-state index in [9.17, 15) is 18.4 Å². The van der Waals surface area contributed by atoms with E-state index in [2.05, 4.69) is 20.6 Å². The fourth-order valence-corrected chi connectivity index (χ4v) is 2.59. The maximum Gasteiger partial charge on any atom is 0.272 e. The largest absolute Gasteiger partial charge is 0.471 e. The van der Waals surface area contributed by atoms with Gasteiger partial charge < -0.3 is 15.4 Å². The Kier molecular flexibility index (Phi) is 8.26. The molecule has 2 aromatic rings. The van der Waals surface area contributed by atoms with Gasteiger partial charge in [0.25, 0.3) is 12.3 Å². The number of aromatic nitrogens is 2. The summed E-state index contributed by atoms with van der Waals surface area (Å²) in [6.45, 7) is 2.80. The van der Waals surface area contributed by atoms with E-state index in [0.717, 1.165) is 0 Å². The molecule has 0 saturated carbocycles. The van der Waals surface area contributed by atoms with E-state index in [1.54, 1.807) is 6.92 Å². The monoisotopic (exact) mass is 426 g/mol. The summed E-state index contributed by atoms with van der Waals surface area (Å²) in [4.78, 5) is 32.1. The standard InChI is InChI=1S/C19H21ClF2N4O3/c1-3-4-17(27)26-16-8-12(5-6-23-16)18(28)25-11(2)13-7-14(20)19(24-9-13)29-10-15(21)22/h5-9,11,15H,3-4,10H2,1-2H3,(H,25,28)(H,23,26,27). The average molecular weight is 427 g/mol. The number of halogens is 3. The predicted molar refractivity (Wildman–Crippen MR) is 104 cm³/mol. The van der Waals surface area contributed by atoms with Crippen molar-refractivity contribution in [2.75, 3.05) is 11.9 Å². The lowest BCUT2D eigenvalue weighted by Crippen LogP contribution is -2.27. The van der Waals surface area contributed by atoms with Crippen LogP contribution in [0.5, 0.6) is 5.88 Å². The molecule has 2 rings (SSSR count).